The summed E-state index contributed by atoms with van der Waals surface area (Å²) in [5.74, 6) is 0.484. The van der Waals surface area contributed by atoms with Crippen LogP contribution in [0.4, 0.5) is 0 Å². The van der Waals surface area contributed by atoms with Crippen LogP contribution in [0.25, 0.3) is 0 Å². The van der Waals surface area contributed by atoms with Crippen molar-refractivity contribution < 1.29 is 25.2 Å². The van der Waals surface area contributed by atoms with Crippen LogP contribution in [-0.2, 0) is 28.6 Å². The van der Waals surface area contributed by atoms with E-state index >= 15 is 0 Å². The van der Waals surface area contributed by atoms with E-state index in [4.69, 9.17) is 8.37 Å². The zero-order valence-electron chi connectivity index (χ0n) is 10.9. The molecule has 2 aliphatic carbocycles. The van der Waals surface area contributed by atoms with Crippen LogP contribution >= 0.6 is 0 Å². The third-order valence-corrected chi connectivity index (χ3v) is 4.88. The fourth-order valence-electron chi connectivity index (χ4n) is 2.93. The molecule has 2 bridgehead atoms. The van der Waals surface area contributed by atoms with Gasteiger partial charge in [-0.1, -0.05) is 12.2 Å². The maximum absolute atomic E-state index is 11.1. The van der Waals surface area contributed by atoms with Crippen molar-refractivity contribution in [3.8, 4) is 0 Å². The predicted octanol–water partition coefficient (Wildman–Crippen LogP) is 0.377. The molecule has 0 aromatic heterocycles. The van der Waals surface area contributed by atoms with Gasteiger partial charge in [-0.2, -0.15) is 16.8 Å². The van der Waals surface area contributed by atoms with Crippen molar-refractivity contribution in [2.75, 3.05) is 25.7 Å². The lowest BCUT2D eigenvalue weighted by atomic mass is 9.84. The number of rotatable bonds is 6. The van der Waals surface area contributed by atoms with Gasteiger partial charge in [0.1, 0.15) is 0 Å². The molecule has 0 heterocycles. The van der Waals surface area contributed by atoms with Crippen molar-refractivity contribution in [3.05, 3.63) is 12.2 Å². The number of allylic oxidation sites excluding steroid dienone is 2. The zero-order chi connectivity index (χ0) is 14.3. The Morgan fingerprint density at radius 1 is 0.895 bits per heavy atom. The Kier molecular flexibility index (Phi) is 4.06. The van der Waals surface area contributed by atoms with Crippen LogP contribution in [0, 0.1) is 23.7 Å². The molecule has 8 heteroatoms. The first-order valence-corrected chi connectivity index (χ1v) is 9.66. The molecular weight excluding hydrogens is 292 g/mol. The van der Waals surface area contributed by atoms with Gasteiger partial charge >= 0.3 is 0 Å². The van der Waals surface area contributed by atoms with E-state index in [1.807, 2.05) is 0 Å². The SMILES string of the molecule is CS(=O)(=O)OC[C@@H]1[C@H](COS(C)(=O)=O)[C@H]2C=C[C@@H]1C2. The highest BCUT2D eigenvalue weighted by molar-refractivity contribution is 7.86. The molecule has 0 aromatic carbocycles. The van der Waals surface area contributed by atoms with Gasteiger partial charge in [0.2, 0.25) is 0 Å². The van der Waals surface area contributed by atoms with Crippen LogP contribution in [0.5, 0.6) is 0 Å². The van der Waals surface area contributed by atoms with E-state index in [9.17, 15) is 16.8 Å². The average Bonchev–Trinajstić information content (AvgIpc) is 2.81. The van der Waals surface area contributed by atoms with Crippen LogP contribution in [0.2, 0.25) is 0 Å². The first-order valence-electron chi connectivity index (χ1n) is 6.03. The number of hydrogen-bond donors (Lipinski definition) is 0. The van der Waals surface area contributed by atoms with E-state index < -0.39 is 20.2 Å². The highest BCUT2D eigenvalue weighted by atomic mass is 32.2. The maximum Gasteiger partial charge on any atom is 0.264 e. The predicted molar refractivity (Wildman–Crippen MR) is 69.3 cm³/mol. The summed E-state index contributed by atoms with van der Waals surface area (Å²) in [5.41, 5.74) is 0. The molecule has 1 saturated carbocycles. The Labute approximate surface area is 114 Å². The van der Waals surface area contributed by atoms with E-state index in [-0.39, 0.29) is 36.9 Å². The number of hydrogen-bond acceptors (Lipinski definition) is 6. The lowest BCUT2D eigenvalue weighted by Gasteiger charge is -2.26. The summed E-state index contributed by atoms with van der Waals surface area (Å²) < 4.78 is 53.9. The second-order valence-electron chi connectivity index (χ2n) is 5.25. The molecule has 0 saturated heterocycles. The van der Waals surface area contributed by atoms with E-state index in [0.717, 1.165) is 18.9 Å². The highest BCUT2D eigenvalue weighted by Crippen LogP contribution is 2.48. The molecule has 19 heavy (non-hydrogen) atoms. The Hall–Kier alpha value is -0.440. The first-order chi connectivity index (χ1) is 8.66. The lowest BCUT2D eigenvalue weighted by molar-refractivity contribution is 0.140. The minimum absolute atomic E-state index is 0.00789. The van der Waals surface area contributed by atoms with Crippen molar-refractivity contribution in [2.45, 2.75) is 6.42 Å². The van der Waals surface area contributed by atoms with E-state index in [0.29, 0.717) is 0 Å². The van der Waals surface area contributed by atoms with Crippen molar-refractivity contribution in [1.29, 1.82) is 0 Å². The topological polar surface area (TPSA) is 86.7 Å². The van der Waals surface area contributed by atoms with Gasteiger partial charge in [-0.15, -0.1) is 0 Å². The minimum atomic E-state index is -3.48. The monoisotopic (exact) mass is 310 g/mol. The Morgan fingerprint density at radius 3 is 1.58 bits per heavy atom. The van der Waals surface area contributed by atoms with Gasteiger partial charge in [0, 0.05) is 0 Å². The second-order valence-corrected chi connectivity index (χ2v) is 8.54. The van der Waals surface area contributed by atoms with Crippen molar-refractivity contribution >= 4 is 20.2 Å². The van der Waals surface area contributed by atoms with Crippen LogP contribution in [0.1, 0.15) is 6.42 Å². The van der Waals surface area contributed by atoms with Crippen LogP contribution in [-0.4, -0.2) is 42.6 Å². The van der Waals surface area contributed by atoms with E-state index in [1.54, 1.807) is 0 Å². The molecule has 0 spiro atoms. The van der Waals surface area contributed by atoms with Gasteiger partial charge in [0.05, 0.1) is 25.7 Å². The molecule has 0 unspecified atom stereocenters. The quantitative estimate of drug-likeness (QED) is 0.520. The summed E-state index contributed by atoms with van der Waals surface area (Å²) in [7, 11) is -6.96. The van der Waals surface area contributed by atoms with Gasteiger partial charge in [0.25, 0.3) is 20.2 Å². The highest BCUT2D eigenvalue weighted by Gasteiger charge is 2.45. The van der Waals surface area contributed by atoms with Gasteiger partial charge in [-0.05, 0) is 30.1 Å². The fourth-order valence-corrected chi connectivity index (χ4v) is 3.73. The molecule has 2 aliphatic rings. The normalized spacial score (nSPS) is 34.0. The molecule has 110 valence electrons. The molecule has 0 radical (unpaired) electrons. The zero-order valence-corrected chi connectivity index (χ0v) is 12.5. The van der Waals surface area contributed by atoms with E-state index in [1.165, 1.54) is 0 Å². The second kappa shape index (κ2) is 5.16. The largest absolute Gasteiger partial charge is 0.270 e. The third kappa shape index (κ3) is 4.01. The van der Waals surface area contributed by atoms with Crippen LogP contribution in [0.15, 0.2) is 12.2 Å². The van der Waals surface area contributed by atoms with Crippen LogP contribution < -0.4 is 0 Å². The molecule has 4 atom stereocenters. The van der Waals surface area contributed by atoms with Crippen LogP contribution in [0.3, 0.4) is 0 Å². The standard InChI is InChI=1S/C11H18O6S2/c1-18(12,13)16-6-10-8-3-4-9(5-8)11(10)7-17-19(2,14)15/h3-4,8-11H,5-7H2,1-2H3/t8-,9+,10+,11-. The smallest absolute Gasteiger partial charge is 0.264 e. The molecular formula is C11H18O6S2. The van der Waals surface area contributed by atoms with Crippen molar-refractivity contribution in [2.24, 2.45) is 23.7 Å². The molecule has 0 aliphatic heterocycles. The van der Waals surface area contributed by atoms with Gasteiger partial charge in [-0.3, -0.25) is 8.37 Å². The fraction of sp³-hybridized carbons (Fsp3) is 0.818. The summed E-state index contributed by atoms with van der Waals surface area (Å²) in [5, 5.41) is 0. The Balaban J connectivity index is 2.01. The molecule has 0 amide bonds. The average molecular weight is 310 g/mol. The molecule has 6 nitrogen and oxygen atoms in total. The molecule has 2 rings (SSSR count). The summed E-state index contributed by atoms with van der Waals surface area (Å²) in [6.07, 6.45) is 7.04. The van der Waals surface area contributed by atoms with Gasteiger partial charge in [-0.25, -0.2) is 0 Å². The summed E-state index contributed by atoms with van der Waals surface area (Å²) in [6, 6.07) is 0. The van der Waals surface area contributed by atoms with Gasteiger partial charge < -0.3 is 0 Å². The van der Waals surface area contributed by atoms with E-state index in [2.05, 4.69) is 12.2 Å². The van der Waals surface area contributed by atoms with Gasteiger partial charge in [0.15, 0.2) is 0 Å². The first kappa shape index (κ1) is 15.0. The summed E-state index contributed by atoms with van der Waals surface area (Å²) >= 11 is 0. The minimum Gasteiger partial charge on any atom is -0.270 e. The molecule has 1 fully saturated rings. The Bertz CT molecular complexity index is 512. The third-order valence-electron chi connectivity index (χ3n) is 3.75. The molecule has 0 aromatic rings. The molecule has 0 N–H and O–H groups in total. The number of fused-ring (bicyclic) bond motifs is 2. The lowest BCUT2D eigenvalue weighted by Crippen LogP contribution is -2.29. The van der Waals surface area contributed by atoms with Crippen molar-refractivity contribution in [1.82, 2.24) is 0 Å². The Morgan fingerprint density at radius 2 is 1.26 bits per heavy atom. The maximum atomic E-state index is 11.1. The summed E-state index contributed by atoms with van der Waals surface area (Å²) in [4.78, 5) is 0. The van der Waals surface area contributed by atoms with Crippen molar-refractivity contribution in [3.63, 3.8) is 0 Å². The summed E-state index contributed by atoms with van der Waals surface area (Å²) in [6.45, 7) is 0.171.